The van der Waals surface area contributed by atoms with Crippen LogP contribution in [-0.4, -0.2) is 35.1 Å². The Morgan fingerprint density at radius 3 is 2.60 bits per heavy atom. The molecule has 0 unspecified atom stereocenters. The molecule has 0 radical (unpaired) electrons. The van der Waals surface area contributed by atoms with E-state index in [0.717, 1.165) is 19.4 Å². The van der Waals surface area contributed by atoms with Crippen LogP contribution in [0.5, 0.6) is 0 Å². The Bertz CT molecular complexity index is 444. The lowest BCUT2D eigenvalue weighted by atomic mass is 10.1. The van der Waals surface area contributed by atoms with Gasteiger partial charge in [-0.05, 0) is 30.9 Å². The largest absolute Gasteiger partial charge is 0.481 e. The number of benzene rings is 1. The highest BCUT2D eigenvalue weighted by atomic mass is 19.1. The Hall–Kier alpha value is -1.42. The van der Waals surface area contributed by atoms with Crippen molar-refractivity contribution < 1.29 is 14.3 Å². The van der Waals surface area contributed by atoms with Crippen molar-refractivity contribution in [3.63, 3.8) is 0 Å². The zero-order valence-electron chi connectivity index (χ0n) is 11.7. The van der Waals surface area contributed by atoms with E-state index in [2.05, 4.69) is 4.90 Å². The first-order valence-electron chi connectivity index (χ1n) is 7.36. The summed E-state index contributed by atoms with van der Waals surface area (Å²) in [5.74, 6) is -0.934. The van der Waals surface area contributed by atoms with Gasteiger partial charge in [-0.25, -0.2) is 4.39 Å². The summed E-state index contributed by atoms with van der Waals surface area (Å²) in [5, 5.41) is 8.85. The maximum Gasteiger partial charge on any atom is 0.304 e. The number of carboxylic acids is 1. The van der Waals surface area contributed by atoms with Crippen LogP contribution in [0.15, 0.2) is 24.3 Å². The summed E-state index contributed by atoms with van der Waals surface area (Å²) in [4.78, 5) is 13.0. The molecule has 1 fully saturated rings. The summed E-state index contributed by atoms with van der Waals surface area (Å²) in [6.45, 7) is 1.30. The van der Waals surface area contributed by atoms with Crippen LogP contribution in [0.2, 0.25) is 0 Å². The fourth-order valence-electron chi connectivity index (χ4n) is 2.95. The van der Waals surface area contributed by atoms with Gasteiger partial charge < -0.3 is 5.11 Å². The van der Waals surface area contributed by atoms with Gasteiger partial charge in [0.15, 0.2) is 0 Å². The van der Waals surface area contributed by atoms with Gasteiger partial charge in [0.1, 0.15) is 5.82 Å². The van der Waals surface area contributed by atoms with Crippen LogP contribution in [-0.2, 0) is 11.2 Å². The van der Waals surface area contributed by atoms with Crippen molar-refractivity contribution in [1.82, 2.24) is 4.90 Å². The van der Waals surface area contributed by atoms with E-state index in [1.165, 1.54) is 18.9 Å². The van der Waals surface area contributed by atoms with Crippen molar-refractivity contribution >= 4 is 5.97 Å². The van der Waals surface area contributed by atoms with Gasteiger partial charge >= 0.3 is 5.97 Å². The maximum absolute atomic E-state index is 13.6. The molecule has 0 amide bonds. The van der Waals surface area contributed by atoms with Crippen LogP contribution in [0.3, 0.4) is 0 Å². The summed E-state index contributed by atoms with van der Waals surface area (Å²) in [6.07, 6.45) is 5.51. The molecule has 0 saturated heterocycles. The number of nitrogens with zero attached hydrogens (tertiary/aromatic N) is 1. The molecule has 0 spiro atoms. The van der Waals surface area contributed by atoms with Crippen molar-refractivity contribution in [2.24, 2.45) is 0 Å². The fraction of sp³-hybridized carbons (Fsp3) is 0.562. The number of rotatable bonds is 7. The number of carbonyl (C=O) groups is 1. The third-order valence-corrected chi connectivity index (χ3v) is 4.08. The number of aliphatic carboxylic acids is 1. The van der Waals surface area contributed by atoms with Crippen LogP contribution in [0.4, 0.5) is 4.39 Å². The van der Waals surface area contributed by atoms with Crippen LogP contribution < -0.4 is 0 Å². The van der Waals surface area contributed by atoms with E-state index in [1.54, 1.807) is 12.1 Å². The number of halogens is 1. The fourth-order valence-corrected chi connectivity index (χ4v) is 2.95. The van der Waals surface area contributed by atoms with Crippen LogP contribution >= 0.6 is 0 Å². The molecule has 1 aliphatic carbocycles. The van der Waals surface area contributed by atoms with Gasteiger partial charge in [0.25, 0.3) is 0 Å². The Morgan fingerprint density at radius 2 is 1.95 bits per heavy atom. The molecule has 0 aromatic heterocycles. The van der Waals surface area contributed by atoms with E-state index in [1.807, 2.05) is 6.07 Å². The van der Waals surface area contributed by atoms with Gasteiger partial charge in [-0.1, -0.05) is 31.0 Å². The van der Waals surface area contributed by atoms with Crippen molar-refractivity contribution in [2.45, 2.75) is 44.6 Å². The van der Waals surface area contributed by atoms with Gasteiger partial charge in [0.05, 0.1) is 6.42 Å². The smallest absolute Gasteiger partial charge is 0.304 e. The van der Waals surface area contributed by atoms with Crippen LogP contribution in [0.25, 0.3) is 0 Å². The lowest BCUT2D eigenvalue weighted by Crippen LogP contribution is -2.36. The van der Waals surface area contributed by atoms with E-state index in [0.29, 0.717) is 24.6 Å². The molecule has 1 saturated carbocycles. The second-order valence-electron chi connectivity index (χ2n) is 5.46. The second kappa shape index (κ2) is 7.39. The quantitative estimate of drug-likeness (QED) is 0.834. The summed E-state index contributed by atoms with van der Waals surface area (Å²) in [5.41, 5.74) is 0.714. The minimum Gasteiger partial charge on any atom is -0.481 e. The first kappa shape index (κ1) is 15.0. The Labute approximate surface area is 119 Å². The standard InChI is InChI=1S/C16H22FNO2/c17-15-8-4-1-5-13(15)9-11-18(12-10-16(19)20)14-6-2-3-7-14/h1,4-5,8,14H,2-3,6-7,9-12H2,(H,19,20). The van der Waals surface area contributed by atoms with Crippen molar-refractivity contribution in [1.29, 1.82) is 0 Å². The molecule has 0 bridgehead atoms. The van der Waals surface area contributed by atoms with Crippen molar-refractivity contribution in [2.75, 3.05) is 13.1 Å². The summed E-state index contributed by atoms with van der Waals surface area (Å²) in [6, 6.07) is 7.29. The number of hydrogen-bond donors (Lipinski definition) is 1. The molecule has 0 heterocycles. The highest BCUT2D eigenvalue weighted by molar-refractivity contribution is 5.66. The SMILES string of the molecule is O=C(O)CCN(CCc1ccccc1F)C1CCCC1. The van der Waals surface area contributed by atoms with E-state index in [9.17, 15) is 9.18 Å². The monoisotopic (exact) mass is 279 g/mol. The van der Waals surface area contributed by atoms with Crippen molar-refractivity contribution in [3.8, 4) is 0 Å². The Balaban J connectivity index is 1.92. The third-order valence-electron chi connectivity index (χ3n) is 4.08. The molecule has 110 valence electrons. The molecule has 0 aliphatic heterocycles. The predicted molar refractivity (Wildman–Crippen MR) is 76.2 cm³/mol. The molecule has 4 heteroatoms. The van der Waals surface area contributed by atoms with E-state index in [4.69, 9.17) is 5.11 Å². The molecule has 1 aromatic rings. The highest BCUT2D eigenvalue weighted by Gasteiger charge is 2.22. The average Bonchev–Trinajstić information content (AvgIpc) is 2.94. The molecule has 1 aromatic carbocycles. The van der Waals surface area contributed by atoms with E-state index < -0.39 is 5.97 Å². The Morgan fingerprint density at radius 1 is 1.25 bits per heavy atom. The lowest BCUT2D eigenvalue weighted by molar-refractivity contribution is -0.137. The molecule has 20 heavy (non-hydrogen) atoms. The summed E-state index contributed by atoms with van der Waals surface area (Å²) < 4.78 is 13.6. The normalized spacial score (nSPS) is 15.9. The van der Waals surface area contributed by atoms with Gasteiger partial charge in [0, 0.05) is 19.1 Å². The minimum atomic E-state index is -0.765. The molecule has 1 aliphatic rings. The van der Waals surface area contributed by atoms with E-state index >= 15 is 0 Å². The molecule has 3 nitrogen and oxygen atoms in total. The van der Waals surface area contributed by atoms with Gasteiger partial charge in [-0.3, -0.25) is 9.69 Å². The zero-order chi connectivity index (χ0) is 14.4. The lowest BCUT2D eigenvalue weighted by Gasteiger charge is -2.28. The summed E-state index contributed by atoms with van der Waals surface area (Å²) in [7, 11) is 0. The van der Waals surface area contributed by atoms with Crippen molar-refractivity contribution in [3.05, 3.63) is 35.6 Å². The van der Waals surface area contributed by atoms with Gasteiger partial charge in [-0.2, -0.15) is 0 Å². The number of hydrogen-bond acceptors (Lipinski definition) is 2. The van der Waals surface area contributed by atoms with Crippen LogP contribution in [0.1, 0.15) is 37.7 Å². The third kappa shape index (κ3) is 4.30. The van der Waals surface area contributed by atoms with E-state index in [-0.39, 0.29) is 12.2 Å². The first-order chi connectivity index (χ1) is 9.66. The number of carboxylic acid groups (broad SMARTS) is 1. The predicted octanol–water partition coefficient (Wildman–Crippen LogP) is 3.09. The molecule has 0 atom stereocenters. The molecule has 1 N–H and O–H groups in total. The Kier molecular flexibility index (Phi) is 5.53. The zero-order valence-corrected chi connectivity index (χ0v) is 11.7. The molecular weight excluding hydrogens is 257 g/mol. The average molecular weight is 279 g/mol. The highest BCUT2D eigenvalue weighted by Crippen LogP contribution is 2.24. The molecule has 2 rings (SSSR count). The van der Waals surface area contributed by atoms with Crippen LogP contribution in [0, 0.1) is 5.82 Å². The minimum absolute atomic E-state index is 0.160. The maximum atomic E-state index is 13.6. The topological polar surface area (TPSA) is 40.5 Å². The van der Waals surface area contributed by atoms with Gasteiger partial charge in [0.2, 0.25) is 0 Å². The first-order valence-corrected chi connectivity index (χ1v) is 7.36. The van der Waals surface area contributed by atoms with Gasteiger partial charge in [-0.15, -0.1) is 0 Å². The second-order valence-corrected chi connectivity index (χ2v) is 5.46. The summed E-state index contributed by atoms with van der Waals surface area (Å²) >= 11 is 0. The molecular formula is C16H22FNO2.